The van der Waals surface area contributed by atoms with Crippen LogP contribution in [-0.2, 0) is 4.74 Å². The predicted molar refractivity (Wildman–Crippen MR) is 68.5 cm³/mol. The van der Waals surface area contributed by atoms with Crippen molar-refractivity contribution in [2.45, 2.75) is 49.3 Å². The van der Waals surface area contributed by atoms with Gasteiger partial charge in [0.1, 0.15) is 23.7 Å². The summed E-state index contributed by atoms with van der Waals surface area (Å²) in [7, 11) is 1.79. The quantitative estimate of drug-likeness (QED) is 0.790. The molecule has 2 heterocycles. The van der Waals surface area contributed by atoms with Crippen LogP contribution in [0.25, 0.3) is 0 Å². The summed E-state index contributed by atoms with van der Waals surface area (Å²) in [5, 5.41) is 20.3. The molecular formula is C11H17F3N2O3S. The van der Waals surface area contributed by atoms with E-state index in [0.29, 0.717) is 11.7 Å². The molecule has 0 aromatic heterocycles. The summed E-state index contributed by atoms with van der Waals surface area (Å²) in [6.07, 6.45) is -10.1. The number of aliphatic hydroxyl groups is 2. The van der Waals surface area contributed by atoms with E-state index in [1.807, 2.05) is 11.8 Å². The number of nitrogens with zero attached hydrogens (tertiary/aromatic N) is 2. The van der Waals surface area contributed by atoms with Crippen molar-refractivity contribution >= 4 is 16.9 Å². The van der Waals surface area contributed by atoms with E-state index in [1.165, 1.54) is 11.8 Å². The van der Waals surface area contributed by atoms with Crippen LogP contribution in [0.2, 0.25) is 0 Å². The maximum absolute atomic E-state index is 12.4. The lowest BCUT2D eigenvalue weighted by Crippen LogP contribution is -2.55. The molecule has 0 radical (unpaired) electrons. The highest BCUT2D eigenvalue weighted by atomic mass is 32.2. The second-order valence-corrected chi connectivity index (χ2v) is 5.94. The summed E-state index contributed by atoms with van der Waals surface area (Å²) < 4.78 is 42.6. The SMILES string of the molecule is CCN(C)C1=NC2C(OC(CC(F)(F)F)C(O)C2O)S1. The number of rotatable bonds is 2. The first-order valence-corrected chi connectivity index (χ1v) is 7.15. The Balaban J connectivity index is 2.09. The molecule has 0 aromatic carbocycles. The van der Waals surface area contributed by atoms with Gasteiger partial charge in [-0.25, -0.2) is 0 Å². The van der Waals surface area contributed by atoms with E-state index >= 15 is 0 Å². The fraction of sp³-hybridized carbons (Fsp3) is 0.909. The van der Waals surface area contributed by atoms with Gasteiger partial charge < -0.3 is 19.8 Å². The molecule has 5 nitrogen and oxygen atoms in total. The fourth-order valence-corrected chi connectivity index (χ4v) is 3.39. The summed E-state index contributed by atoms with van der Waals surface area (Å²) in [5.74, 6) is 0. The standard InChI is InChI=1S/C11H17F3N2O3S/c1-3-16(2)10-15-6-8(18)7(17)5(4-11(12,13)14)19-9(6)20-10/h5-9,17-18H,3-4H2,1-2H3. The minimum atomic E-state index is -4.45. The number of ether oxygens (including phenoxy) is 1. The summed E-state index contributed by atoms with van der Waals surface area (Å²) in [5.41, 5.74) is -0.690. The lowest BCUT2D eigenvalue weighted by Gasteiger charge is -2.38. The molecule has 9 heteroatoms. The minimum Gasteiger partial charge on any atom is -0.388 e. The highest BCUT2D eigenvalue weighted by Gasteiger charge is 2.51. The number of hydrogen-bond acceptors (Lipinski definition) is 6. The van der Waals surface area contributed by atoms with Crippen LogP contribution in [0, 0.1) is 0 Å². The molecule has 0 spiro atoms. The van der Waals surface area contributed by atoms with Crippen LogP contribution in [0.1, 0.15) is 13.3 Å². The average Bonchev–Trinajstić information content (AvgIpc) is 2.77. The summed E-state index contributed by atoms with van der Waals surface area (Å²) in [6, 6.07) is -0.733. The van der Waals surface area contributed by atoms with Gasteiger partial charge >= 0.3 is 6.18 Å². The molecule has 5 unspecified atom stereocenters. The minimum absolute atomic E-state index is 0.599. The van der Waals surface area contributed by atoms with Crippen molar-refractivity contribution in [3.05, 3.63) is 0 Å². The topological polar surface area (TPSA) is 65.3 Å². The molecule has 20 heavy (non-hydrogen) atoms. The lowest BCUT2D eigenvalue weighted by atomic mass is 9.96. The van der Waals surface area contributed by atoms with Crippen molar-refractivity contribution < 1.29 is 28.1 Å². The third-order valence-electron chi connectivity index (χ3n) is 3.38. The number of alkyl halides is 3. The first kappa shape index (κ1) is 15.9. The van der Waals surface area contributed by atoms with Gasteiger partial charge in [0.15, 0.2) is 5.17 Å². The second-order valence-electron chi connectivity index (χ2n) is 4.88. The molecule has 0 saturated carbocycles. The van der Waals surface area contributed by atoms with Gasteiger partial charge in [0, 0.05) is 13.6 Å². The van der Waals surface area contributed by atoms with Crippen LogP contribution >= 0.6 is 11.8 Å². The second kappa shape index (κ2) is 5.70. The predicted octanol–water partition coefficient (Wildman–Crippen LogP) is 0.809. The van der Waals surface area contributed by atoms with E-state index in [9.17, 15) is 23.4 Å². The number of aliphatic hydroxyl groups excluding tert-OH is 2. The molecule has 2 aliphatic rings. The van der Waals surface area contributed by atoms with Gasteiger partial charge in [-0.1, -0.05) is 11.8 Å². The number of amidine groups is 1. The van der Waals surface area contributed by atoms with Crippen LogP contribution in [0.15, 0.2) is 4.99 Å². The smallest absolute Gasteiger partial charge is 0.388 e. The van der Waals surface area contributed by atoms with Crippen molar-refractivity contribution in [1.29, 1.82) is 0 Å². The zero-order valence-corrected chi connectivity index (χ0v) is 11.9. The van der Waals surface area contributed by atoms with Gasteiger partial charge in [0.25, 0.3) is 0 Å². The van der Waals surface area contributed by atoms with E-state index in [2.05, 4.69) is 4.99 Å². The van der Waals surface area contributed by atoms with Crippen molar-refractivity contribution in [2.75, 3.05) is 13.6 Å². The van der Waals surface area contributed by atoms with Gasteiger partial charge in [-0.05, 0) is 6.92 Å². The van der Waals surface area contributed by atoms with Crippen LogP contribution < -0.4 is 0 Å². The first-order chi connectivity index (χ1) is 9.23. The Hall–Kier alpha value is -0.510. The molecule has 0 amide bonds. The Morgan fingerprint density at radius 3 is 2.55 bits per heavy atom. The third-order valence-corrected chi connectivity index (χ3v) is 4.63. The Bertz CT molecular complexity index is 394. The number of aliphatic imine (C=N–C) groups is 1. The van der Waals surface area contributed by atoms with Crippen molar-refractivity contribution in [3.8, 4) is 0 Å². The summed E-state index contributed by atoms with van der Waals surface area (Å²) in [4.78, 5) is 6.04. The van der Waals surface area contributed by atoms with Gasteiger partial charge in [-0.2, -0.15) is 13.2 Å². The van der Waals surface area contributed by atoms with Gasteiger partial charge in [-0.3, -0.25) is 4.99 Å². The maximum atomic E-state index is 12.4. The number of fused-ring (bicyclic) bond motifs is 1. The van der Waals surface area contributed by atoms with Crippen LogP contribution in [-0.4, -0.2) is 69.8 Å². The molecule has 0 bridgehead atoms. The molecule has 2 aliphatic heterocycles. The average molecular weight is 314 g/mol. The molecule has 1 saturated heterocycles. The van der Waals surface area contributed by atoms with Gasteiger partial charge in [0.05, 0.1) is 12.5 Å². The van der Waals surface area contributed by atoms with E-state index < -0.39 is 42.4 Å². The molecule has 0 aromatic rings. The van der Waals surface area contributed by atoms with E-state index in [1.54, 1.807) is 7.05 Å². The zero-order chi connectivity index (χ0) is 15.1. The molecule has 2 N–H and O–H groups in total. The van der Waals surface area contributed by atoms with E-state index in [4.69, 9.17) is 4.74 Å². The van der Waals surface area contributed by atoms with Crippen molar-refractivity contribution in [2.24, 2.45) is 4.99 Å². The molecule has 116 valence electrons. The highest BCUT2D eigenvalue weighted by Crippen LogP contribution is 2.39. The van der Waals surface area contributed by atoms with E-state index in [0.717, 1.165) is 0 Å². The zero-order valence-electron chi connectivity index (χ0n) is 11.0. The summed E-state index contributed by atoms with van der Waals surface area (Å²) in [6.45, 7) is 2.58. The molecule has 5 atom stereocenters. The Kier molecular flexibility index (Phi) is 4.53. The number of hydrogen-bond donors (Lipinski definition) is 2. The third kappa shape index (κ3) is 3.21. The molecule has 0 aliphatic carbocycles. The van der Waals surface area contributed by atoms with Gasteiger partial charge in [-0.15, -0.1) is 0 Å². The maximum Gasteiger partial charge on any atom is 0.391 e. The summed E-state index contributed by atoms with van der Waals surface area (Å²) >= 11 is 1.18. The largest absolute Gasteiger partial charge is 0.391 e. The van der Waals surface area contributed by atoms with Crippen LogP contribution in [0.3, 0.4) is 0 Å². The number of thioether (sulfide) groups is 1. The normalized spacial score (nSPS) is 37.5. The highest BCUT2D eigenvalue weighted by molar-refractivity contribution is 8.14. The fourth-order valence-electron chi connectivity index (χ4n) is 2.13. The monoisotopic (exact) mass is 314 g/mol. The molecule has 2 rings (SSSR count). The van der Waals surface area contributed by atoms with Crippen molar-refractivity contribution in [1.82, 2.24) is 4.90 Å². The Morgan fingerprint density at radius 1 is 1.35 bits per heavy atom. The molecule has 1 fully saturated rings. The lowest BCUT2D eigenvalue weighted by molar-refractivity contribution is -0.209. The first-order valence-electron chi connectivity index (χ1n) is 6.27. The number of halogens is 3. The van der Waals surface area contributed by atoms with E-state index in [-0.39, 0.29) is 0 Å². The Morgan fingerprint density at radius 2 is 2.00 bits per heavy atom. The van der Waals surface area contributed by atoms with Crippen molar-refractivity contribution in [3.63, 3.8) is 0 Å². The van der Waals surface area contributed by atoms with Gasteiger partial charge in [0.2, 0.25) is 0 Å². The van der Waals surface area contributed by atoms with Crippen LogP contribution in [0.4, 0.5) is 13.2 Å². The molecular weight excluding hydrogens is 297 g/mol. The van der Waals surface area contributed by atoms with Crippen LogP contribution in [0.5, 0.6) is 0 Å². The Labute approximate surface area is 118 Å².